The number of hydrogen-bond acceptors (Lipinski definition) is 6. The van der Waals surface area contributed by atoms with Gasteiger partial charge in [0.05, 0.1) is 29.4 Å². The Morgan fingerprint density at radius 3 is 2.04 bits per heavy atom. The van der Waals surface area contributed by atoms with E-state index in [1.807, 2.05) is 43.3 Å². The Balaban J connectivity index is 1.49. The maximum Gasteiger partial charge on any atom is 0.419 e. The standard InChI is InChI=1S/C35H35Cl2F3N4O2Si/c1-22(46-47(34(3,4)5,24-13-8-6-9-14-24)25-15-10-7-11-16-25)21-45-31-26(17-12-18-28(31)35(38,39)40)23(2)42-32-27-19-30(36)41-20-29(27)43-33(37)44-32/h6-20,22-23H,21H2,1-5H3,(H,42,43,44)/t22-,23-/m1/s1. The lowest BCUT2D eigenvalue weighted by Crippen LogP contribution is -2.67. The molecular weight excluding hydrogens is 664 g/mol. The summed E-state index contributed by atoms with van der Waals surface area (Å²) < 4.78 is 56.5. The van der Waals surface area contributed by atoms with Crippen LogP contribution in [0.4, 0.5) is 19.0 Å². The van der Waals surface area contributed by atoms with Gasteiger partial charge in [-0.1, -0.05) is 105 Å². The lowest BCUT2D eigenvalue weighted by molar-refractivity contribution is -0.139. The molecule has 2 aromatic heterocycles. The SMILES string of the molecule is C[C@H](COc1c([C@@H](C)Nc2nc(Cl)nc3cnc(Cl)cc23)cccc1C(F)(F)F)O[Si](c1ccccc1)(c1ccccc1)C(C)(C)C. The highest BCUT2D eigenvalue weighted by molar-refractivity contribution is 6.99. The molecule has 12 heteroatoms. The van der Waals surface area contributed by atoms with E-state index in [4.69, 9.17) is 32.4 Å². The zero-order valence-corrected chi connectivity index (χ0v) is 29.1. The summed E-state index contributed by atoms with van der Waals surface area (Å²) in [4.78, 5) is 12.5. The van der Waals surface area contributed by atoms with Gasteiger partial charge in [0.2, 0.25) is 5.28 Å². The van der Waals surface area contributed by atoms with Crippen molar-refractivity contribution in [2.75, 3.05) is 11.9 Å². The van der Waals surface area contributed by atoms with Crippen LogP contribution in [0.3, 0.4) is 0 Å². The van der Waals surface area contributed by atoms with Crippen LogP contribution >= 0.6 is 23.2 Å². The van der Waals surface area contributed by atoms with Crippen LogP contribution in [0, 0.1) is 0 Å². The van der Waals surface area contributed by atoms with Gasteiger partial charge in [0.1, 0.15) is 23.3 Å². The monoisotopic (exact) mass is 698 g/mol. The molecule has 47 heavy (non-hydrogen) atoms. The highest BCUT2D eigenvalue weighted by Gasteiger charge is 2.51. The third kappa shape index (κ3) is 7.41. The lowest BCUT2D eigenvalue weighted by Gasteiger charge is -2.44. The number of para-hydroxylation sites is 1. The van der Waals surface area contributed by atoms with Gasteiger partial charge in [-0.15, -0.1) is 0 Å². The minimum Gasteiger partial charge on any atom is -0.490 e. The van der Waals surface area contributed by atoms with Gasteiger partial charge in [-0.2, -0.15) is 13.2 Å². The number of ether oxygens (including phenoxy) is 1. The first-order chi connectivity index (χ1) is 22.2. The fraction of sp³-hybridized carbons (Fsp3) is 0.286. The minimum absolute atomic E-state index is 0.0499. The molecule has 2 heterocycles. The van der Waals surface area contributed by atoms with Gasteiger partial charge in [-0.3, -0.25) is 0 Å². The maximum atomic E-state index is 14.4. The Morgan fingerprint density at radius 1 is 0.851 bits per heavy atom. The van der Waals surface area contributed by atoms with E-state index >= 15 is 0 Å². The van der Waals surface area contributed by atoms with Crippen molar-refractivity contribution in [3.63, 3.8) is 0 Å². The molecule has 2 atom stereocenters. The van der Waals surface area contributed by atoms with Crippen LogP contribution in [0.15, 0.2) is 91.1 Å². The zero-order chi connectivity index (χ0) is 34.0. The van der Waals surface area contributed by atoms with E-state index in [0.717, 1.165) is 16.4 Å². The molecular formula is C35H35Cl2F3N4O2Si. The van der Waals surface area contributed by atoms with Crippen molar-refractivity contribution in [1.82, 2.24) is 15.0 Å². The molecule has 0 saturated carbocycles. The second-order valence-corrected chi connectivity index (χ2v) is 17.3. The average Bonchev–Trinajstić information content (AvgIpc) is 3.02. The topological polar surface area (TPSA) is 69.2 Å². The Hall–Kier alpha value is -3.70. The summed E-state index contributed by atoms with van der Waals surface area (Å²) in [6, 6.07) is 24.9. The van der Waals surface area contributed by atoms with Gasteiger partial charge >= 0.3 is 6.18 Å². The third-order valence-corrected chi connectivity index (χ3v) is 13.5. The number of alkyl halides is 3. The first-order valence-electron chi connectivity index (χ1n) is 15.1. The zero-order valence-electron chi connectivity index (χ0n) is 26.6. The molecule has 0 aliphatic heterocycles. The Morgan fingerprint density at radius 2 is 1.47 bits per heavy atom. The molecule has 1 N–H and O–H groups in total. The van der Waals surface area contributed by atoms with E-state index in [-0.39, 0.29) is 33.4 Å². The minimum atomic E-state index is -4.67. The number of pyridine rings is 1. The van der Waals surface area contributed by atoms with Gasteiger partial charge in [-0.05, 0) is 53.0 Å². The summed E-state index contributed by atoms with van der Waals surface area (Å²) in [5.41, 5.74) is -0.182. The second-order valence-electron chi connectivity index (χ2n) is 12.4. The number of fused-ring (bicyclic) bond motifs is 1. The fourth-order valence-electron chi connectivity index (χ4n) is 5.88. The van der Waals surface area contributed by atoms with Crippen molar-refractivity contribution in [2.24, 2.45) is 0 Å². The molecule has 6 nitrogen and oxygen atoms in total. The third-order valence-electron chi connectivity index (χ3n) is 7.95. The van der Waals surface area contributed by atoms with E-state index in [2.05, 4.69) is 65.3 Å². The second kappa shape index (κ2) is 13.8. The van der Waals surface area contributed by atoms with E-state index in [1.165, 1.54) is 12.3 Å². The molecule has 0 fully saturated rings. The molecule has 0 spiro atoms. The summed E-state index contributed by atoms with van der Waals surface area (Å²) >= 11 is 12.3. The molecule has 5 rings (SSSR count). The number of nitrogens with one attached hydrogen (secondary N) is 1. The maximum absolute atomic E-state index is 14.4. The first-order valence-corrected chi connectivity index (χ1v) is 17.7. The molecule has 0 aliphatic rings. The van der Waals surface area contributed by atoms with Gasteiger partial charge in [0.15, 0.2) is 0 Å². The molecule has 0 amide bonds. The summed E-state index contributed by atoms with van der Waals surface area (Å²) in [6.45, 7) is 9.86. The van der Waals surface area contributed by atoms with E-state index in [1.54, 1.807) is 19.1 Å². The normalized spacial score (nSPS) is 13.7. The summed E-state index contributed by atoms with van der Waals surface area (Å²) in [5, 5.41) is 5.66. The quantitative estimate of drug-likeness (QED) is 0.0893. The largest absolute Gasteiger partial charge is 0.490 e. The molecule has 5 aromatic rings. The van der Waals surface area contributed by atoms with Gasteiger partial charge < -0.3 is 14.5 Å². The summed E-state index contributed by atoms with van der Waals surface area (Å²) in [7, 11) is -2.98. The van der Waals surface area contributed by atoms with E-state index < -0.39 is 32.2 Å². The smallest absolute Gasteiger partial charge is 0.419 e. The van der Waals surface area contributed by atoms with Crippen LogP contribution in [-0.4, -0.2) is 36.0 Å². The number of benzene rings is 3. The fourth-order valence-corrected chi connectivity index (χ4v) is 10.9. The van der Waals surface area contributed by atoms with Crippen molar-refractivity contribution in [1.29, 1.82) is 0 Å². The predicted molar refractivity (Wildman–Crippen MR) is 184 cm³/mol. The van der Waals surface area contributed by atoms with Crippen LogP contribution in [0.25, 0.3) is 10.9 Å². The van der Waals surface area contributed by atoms with Crippen LogP contribution in [0.2, 0.25) is 15.5 Å². The Bertz CT molecular complexity index is 1800. The van der Waals surface area contributed by atoms with Crippen LogP contribution < -0.4 is 20.4 Å². The number of hydrogen-bond donors (Lipinski definition) is 1. The van der Waals surface area contributed by atoms with Crippen molar-refractivity contribution in [3.05, 3.63) is 113 Å². The van der Waals surface area contributed by atoms with Crippen molar-refractivity contribution < 1.29 is 22.3 Å². The number of nitrogens with zero attached hydrogens (tertiary/aromatic N) is 3. The molecule has 0 radical (unpaired) electrons. The molecule has 0 saturated heterocycles. The number of halogens is 5. The van der Waals surface area contributed by atoms with Crippen LogP contribution in [-0.2, 0) is 10.6 Å². The van der Waals surface area contributed by atoms with Crippen molar-refractivity contribution >= 4 is 58.6 Å². The van der Waals surface area contributed by atoms with Gasteiger partial charge in [-0.25, -0.2) is 15.0 Å². The summed E-state index contributed by atoms with van der Waals surface area (Å²) in [5.74, 6) is 0.00519. The molecule has 0 unspecified atom stereocenters. The van der Waals surface area contributed by atoms with E-state index in [0.29, 0.717) is 16.7 Å². The van der Waals surface area contributed by atoms with Crippen LogP contribution in [0.5, 0.6) is 5.75 Å². The summed E-state index contributed by atoms with van der Waals surface area (Å²) in [6.07, 6.45) is -3.79. The highest BCUT2D eigenvalue weighted by Crippen LogP contribution is 2.42. The van der Waals surface area contributed by atoms with Crippen LogP contribution in [0.1, 0.15) is 51.8 Å². The molecule has 0 aliphatic carbocycles. The van der Waals surface area contributed by atoms with Gasteiger partial charge in [0, 0.05) is 10.9 Å². The van der Waals surface area contributed by atoms with Gasteiger partial charge in [0.25, 0.3) is 8.32 Å². The molecule has 0 bridgehead atoms. The Kier molecular flexibility index (Phi) is 10.2. The predicted octanol–water partition coefficient (Wildman–Crippen LogP) is 8.87. The van der Waals surface area contributed by atoms with Crippen molar-refractivity contribution in [2.45, 2.75) is 58.0 Å². The highest BCUT2D eigenvalue weighted by atomic mass is 35.5. The Labute approximate surface area is 283 Å². The lowest BCUT2D eigenvalue weighted by atomic mass is 10.0. The first kappa shape index (κ1) is 34.6. The van der Waals surface area contributed by atoms with Crippen molar-refractivity contribution in [3.8, 4) is 5.75 Å². The van der Waals surface area contributed by atoms with E-state index in [9.17, 15) is 13.2 Å². The average molecular weight is 700 g/mol. The number of anilines is 1. The number of aromatic nitrogens is 3. The molecule has 3 aromatic carbocycles. The number of rotatable bonds is 10. The molecule has 246 valence electrons.